The van der Waals surface area contributed by atoms with Crippen LogP contribution in [0.4, 0.5) is 0 Å². The molecule has 6 heteroatoms. The van der Waals surface area contributed by atoms with Crippen LogP contribution in [0.5, 0.6) is 0 Å². The average molecular weight is 356 g/mol. The van der Waals surface area contributed by atoms with E-state index in [1.165, 1.54) is 0 Å². The van der Waals surface area contributed by atoms with Gasteiger partial charge in [-0.3, -0.25) is 0 Å². The summed E-state index contributed by atoms with van der Waals surface area (Å²) in [5.41, 5.74) is 1.76. The molecule has 0 fully saturated rings. The molecule has 26 heavy (non-hydrogen) atoms. The molecular weight excluding hydrogens is 336 g/mol. The van der Waals surface area contributed by atoms with E-state index in [9.17, 15) is 15.0 Å². The molecule has 0 spiro atoms. The van der Waals surface area contributed by atoms with Crippen molar-refractivity contribution in [3.63, 3.8) is 0 Å². The van der Waals surface area contributed by atoms with Crippen LogP contribution < -0.4 is 0 Å². The molecule has 0 radical (unpaired) electrons. The first-order valence-electron chi connectivity index (χ1n) is 8.26. The molecule has 2 aromatic rings. The Bertz CT molecular complexity index is 756. The van der Waals surface area contributed by atoms with Crippen molar-refractivity contribution in [3.8, 4) is 0 Å². The Kier molecular flexibility index (Phi) is 5.88. The Morgan fingerprint density at radius 3 is 2.00 bits per heavy atom. The zero-order valence-corrected chi connectivity index (χ0v) is 14.1. The summed E-state index contributed by atoms with van der Waals surface area (Å²) in [6.45, 7) is -0.229. The lowest BCUT2D eigenvalue weighted by atomic mass is 10.1. The predicted octanol–water partition coefficient (Wildman–Crippen LogP) is 1.91. The Morgan fingerprint density at radius 1 is 0.923 bits per heavy atom. The molecule has 0 saturated heterocycles. The minimum Gasteiger partial charge on any atom is -0.485 e. The number of benzene rings is 2. The molecule has 2 atom stereocenters. The number of rotatable bonds is 8. The first kappa shape index (κ1) is 18.0. The quantitative estimate of drug-likeness (QED) is 0.703. The first-order chi connectivity index (χ1) is 12.7. The van der Waals surface area contributed by atoms with Crippen LogP contribution in [0.1, 0.15) is 11.1 Å². The molecule has 0 aromatic heterocycles. The maximum atomic E-state index is 12.2. The van der Waals surface area contributed by atoms with E-state index >= 15 is 0 Å². The van der Waals surface area contributed by atoms with Gasteiger partial charge in [0.15, 0.2) is 11.9 Å². The van der Waals surface area contributed by atoms with Crippen LogP contribution in [0.3, 0.4) is 0 Å². The summed E-state index contributed by atoms with van der Waals surface area (Å²) < 4.78 is 16.5. The summed E-state index contributed by atoms with van der Waals surface area (Å²) in [4.78, 5) is 12.2. The topological polar surface area (TPSA) is 85.2 Å². The fourth-order valence-electron chi connectivity index (χ4n) is 2.54. The van der Waals surface area contributed by atoms with Crippen LogP contribution in [0, 0.1) is 0 Å². The van der Waals surface area contributed by atoms with Crippen molar-refractivity contribution in [1.82, 2.24) is 0 Å². The molecule has 1 aliphatic rings. The third-order valence-electron chi connectivity index (χ3n) is 3.90. The highest BCUT2D eigenvalue weighted by atomic mass is 16.6. The number of carbonyl (C=O) groups excluding carboxylic acids is 1. The molecule has 0 saturated carbocycles. The first-order valence-corrected chi connectivity index (χ1v) is 8.26. The van der Waals surface area contributed by atoms with Crippen LogP contribution >= 0.6 is 0 Å². The molecule has 2 aromatic carbocycles. The number of aliphatic hydroxyl groups is 2. The standard InChI is InChI=1S/C20H20O6/c21-11-16(22)17-18(24-12-14-7-3-1-4-8-14)19(20(23)26-17)25-13-15-9-5-2-6-10-15/h1-10,16-17,21-22H,11-13H2/t16-,17?/m0/s1. The SMILES string of the molecule is O=C1OC([C@@H](O)CO)C(OCc2ccccc2)=C1OCc1ccccc1. The monoisotopic (exact) mass is 356 g/mol. The lowest BCUT2D eigenvalue weighted by Gasteiger charge is -2.18. The second-order valence-electron chi connectivity index (χ2n) is 5.82. The van der Waals surface area contributed by atoms with Crippen molar-refractivity contribution in [1.29, 1.82) is 0 Å². The number of cyclic esters (lactones) is 1. The molecule has 1 aliphatic heterocycles. The van der Waals surface area contributed by atoms with E-state index < -0.39 is 24.8 Å². The van der Waals surface area contributed by atoms with Gasteiger partial charge < -0.3 is 24.4 Å². The molecule has 0 amide bonds. The second kappa shape index (κ2) is 8.51. The van der Waals surface area contributed by atoms with Gasteiger partial charge in [-0.05, 0) is 11.1 Å². The van der Waals surface area contributed by atoms with Gasteiger partial charge in [-0.15, -0.1) is 0 Å². The summed E-state index contributed by atoms with van der Waals surface area (Å²) in [5.74, 6) is -0.708. The van der Waals surface area contributed by atoms with Crippen molar-refractivity contribution in [3.05, 3.63) is 83.3 Å². The van der Waals surface area contributed by atoms with Gasteiger partial charge in [0.05, 0.1) is 6.61 Å². The van der Waals surface area contributed by atoms with E-state index in [1.807, 2.05) is 60.7 Å². The Balaban J connectivity index is 1.79. The lowest BCUT2D eigenvalue weighted by molar-refractivity contribution is -0.149. The fraction of sp³-hybridized carbons (Fsp3) is 0.250. The minimum atomic E-state index is -1.29. The highest BCUT2D eigenvalue weighted by Crippen LogP contribution is 2.29. The van der Waals surface area contributed by atoms with E-state index in [4.69, 9.17) is 14.2 Å². The molecule has 6 nitrogen and oxygen atoms in total. The molecule has 0 bridgehead atoms. The molecule has 3 rings (SSSR count). The van der Waals surface area contributed by atoms with Gasteiger partial charge in [-0.2, -0.15) is 0 Å². The van der Waals surface area contributed by atoms with Gasteiger partial charge in [0.2, 0.25) is 5.76 Å². The highest BCUT2D eigenvalue weighted by Gasteiger charge is 2.41. The van der Waals surface area contributed by atoms with Crippen molar-refractivity contribution in [2.45, 2.75) is 25.4 Å². The maximum Gasteiger partial charge on any atom is 0.378 e. The van der Waals surface area contributed by atoms with Crippen molar-refractivity contribution < 1.29 is 29.2 Å². The molecule has 1 unspecified atom stereocenters. The van der Waals surface area contributed by atoms with E-state index in [1.54, 1.807) is 0 Å². The van der Waals surface area contributed by atoms with Gasteiger partial charge >= 0.3 is 5.97 Å². The molecular formula is C20H20O6. The summed E-state index contributed by atoms with van der Waals surface area (Å²) >= 11 is 0. The summed E-state index contributed by atoms with van der Waals surface area (Å²) in [7, 11) is 0. The average Bonchev–Trinajstić information content (AvgIpc) is 3.01. The van der Waals surface area contributed by atoms with Gasteiger partial charge in [0.1, 0.15) is 19.3 Å². The van der Waals surface area contributed by atoms with Crippen molar-refractivity contribution >= 4 is 5.97 Å². The van der Waals surface area contributed by atoms with Crippen LogP contribution in [0.2, 0.25) is 0 Å². The third kappa shape index (κ3) is 4.22. The van der Waals surface area contributed by atoms with E-state index in [-0.39, 0.29) is 24.7 Å². The van der Waals surface area contributed by atoms with Crippen LogP contribution in [0.15, 0.2) is 72.2 Å². The van der Waals surface area contributed by atoms with Crippen LogP contribution in [-0.2, 0) is 32.2 Å². The number of aliphatic hydroxyl groups excluding tert-OH is 2. The fourth-order valence-corrected chi connectivity index (χ4v) is 2.54. The summed E-state index contributed by atoms with van der Waals surface area (Å²) in [6.07, 6.45) is -2.38. The number of carbonyl (C=O) groups is 1. The normalized spacial score (nSPS) is 17.8. The number of hydrogen-bond donors (Lipinski definition) is 2. The minimum absolute atomic E-state index is 0.0812. The maximum absolute atomic E-state index is 12.2. The molecule has 2 N–H and O–H groups in total. The van der Waals surface area contributed by atoms with Gasteiger partial charge in [-0.1, -0.05) is 60.7 Å². The van der Waals surface area contributed by atoms with Crippen molar-refractivity contribution in [2.75, 3.05) is 6.61 Å². The van der Waals surface area contributed by atoms with E-state index in [0.717, 1.165) is 11.1 Å². The molecule has 136 valence electrons. The zero-order chi connectivity index (χ0) is 18.4. The largest absolute Gasteiger partial charge is 0.485 e. The Morgan fingerprint density at radius 2 is 1.46 bits per heavy atom. The number of hydrogen-bond acceptors (Lipinski definition) is 6. The van der Waals surface area contributed by atoms with Gasteiger partial charge in [0, 0.05) is 0 Å². The smallest absolute Gasteiger partial charge is 0.378 e. The van der Waals surface area contributed by atoms with E-state index in [0.29, 0.717) is 0 Å². The summed E-state index contributed by atoms with van der Waals surface area (Å²) in [6, 6.07) is 18.7. The zero-order valence-electron chi connectivity index (χ0n) is 14.1. The van der Waals surface area contributed by atoms with Crippen molar-refractivity contribution in [2.24, 2.45) is 0 Å². The number of ether oxygens (including phenoxy) is 3. The number of esters is 1. The predicted molar refractivity (Wildman–Crippen MR) is 92.5 cm³/mol. The Labute approximate surface area is 151 Å². The highest BCUT2D eigenvalue weighted by molar-refractivity contribution is 5.89. The second-order valence-corrected chi connectivity index (χ2v) is 5.82. The summed E-state index contributed by atoms with van der Waals surface area (Å²) in [5, 5.41) is 19.2. The third-order valence-corrected chi connectivity index (χ3v) is 3.90. The molecule has 0 aliphatic carbocycles. The van der Waals surface area contributed by atoms with Gasteiger partial charge in [-0.25, -0.2) is 4.79 Å². The lowest BCUT2D eigenvalue weighted by Crippen LogP contribution is -2.32. The van der Waals surface area contributed by atoms with E-state index in [2.05, 4.69) is 0 Å². The Hall–Kier alpha value is -2.83. The van der Waals surface area contributed by atoms with Crippen LogP contribution in [-0.4, -0.2) is 35.0 Å². The van der Waals surface area contributed by atoms with Gasteiger partial charge in [0.25, 0.3) is 0 Å². The van der Waals surface area contributed by atoms with Crippen LogP contribution in [0.25, 0.3) is 0 Å². The molecule has 1 heterocycles.